The van der Waals surface area contributed by atoms with Crippen LogP contribution in [0.2, 0.25) is 0 Å². The summed E-state index contributed by atoms with van der Waals surface area (Å²) >= 11 is 0. The zero-order valence-electron chi connectivity index (χ0n) is 19.9. The van der Waals surface area contributed by atoms with E-state index in [4.69, 9.17) is 4.52 Å². The van der Waals surface area contributed by atoms with Crippen molar-refractivity contribution in [2.24, 2.45) is 0 Å². The SMILES string of the molecule is Cc1cccc(C)c1NC(=O)CN1CCN([C@@H](C)c2nc(-c3cccc(C(F)(F)F)c3)no2)CC1. The fourth-order valence-corrected chi connectivity index (χ4v) is 4.22. The van der Waals surface area contributed by atoms with Gasteiger partial charge in [0.25, 0.3) is 0 Å². The zero-order chi connectivity index (χ0) is 25.2. The number of carbonyl (C=O) groups is 1. The van der Waals surface area contributed by atoms with E-state index in [0.717, 1.165) is 28.9 Å². The van der Waals surface area contributed by atoms with Gasteiger partial charge in [0.05, 0.1) is 18.2 Å². The van der Waals surface area contributed by atoms with Crippen molar-refractivity contribution in [3.05, 3.63) is 65.0 Å². The Kier molecular flexibility index (Phi) is 7.23. The fraction of sp³-hybridized carbons (Fsp3) is 0.400. The normalized spacial score (nSPS) is 16.3. The molecule has 1 amide bonds. The molecule has 35 heavy (non-hydrogen) atoms. The van der Waals surface area contributed by atoms with Crippen molar-refractivity contribution < 1.29 is 22.5 Å². The van der Waals surface area contributed by atoms with Crippen molar-refractivity contribution >= 4 is 11.6 Å². The number of benzene rings is 2. The molecule has 0 saturated carbocycles. The number of nitrogens with zero attached hydrogens (tertiary/aromatic N) is 4. The maximum atomic E-state index is 13.0. The van der Waals surface area contributed by atoms with Crippen molar-refractivity contribution in [2.75, 3.05) is 38.0 Å². The Morgan fingerprint density at radius 1 is 1.09 bits per heavy atom. The van der Waals surface area contributed by atoms with Crippen molar-refractivity contribution in [2.45, 2.75) is 33.0 Å². The first-order valence-electron chi connectivity index (χ1n) is 11.5. The van der Waals surface area contributed by atoms with E-state index in [2.05, 4.69) is 25.3 Å². The van der Waals surface area contributed by atoms with E-state index in [0.29, 0.717) is 38.6 Å². The molecule has 2 aromatic carbocycles. The number of halogens is 3. The molecule has 0 bridgehead atoms. The van der Waals surface area contributed by atoms with Gasteiger partial charge in [-0.2, -0.15) is 18.2 Å². The van der Waals surface area contributed by atoms with Gasteiger partial charge in [0.15, 0.2) is 0 Å². The number of hydrogen-bond donors (Lipinski definition) is 1. The molecule has 1 aliphatic heterocycles. The molecule has 1 saturated heterocycles. The first-order valence-corrected chi connectivity index (χ1v) is 11.5. The summed E-state index contributed by atoms with van der Waals surface area (Å²) in [4.78, 5) is 21.2. The summed E-state index contributed by atoms with van der Waals surface area (Å²) in [5.74, 6) is 0.421. The van der Waals surface area contributed by atoms with Crippen LogP contribution in [-0.4, -0.2) is 58.6 Å². The summed E-state index contributed by atoms with van der Waals surface area (Å²) in [5.41, 5.74) is 2.41. The van der Waals surface area contributed by atoms with Crippen molar-refractivity contribution in [3.8, 4) is 11.4 Å². The van der Waals surface area contributed by atoms with Gasteiger partial charge in [-0.25, -0.2) is 0 Å². The summed E-state index contributed by atoms with van der Waals surface area (Å²) in [7, 11) is 0. The summed E-state index contributed by atoms with van der Waals surface area (Å²) in [6, 6.07) is 10.6. The Morgan fingerprint density at radius 3 is 2.40 bits per heavy atom. The molecule has 1 fully saturated rings. The van der Waals surface area contributed by atoms with Crippen LogP contribution >= 0.6 is 0 Å². The molecule has 7 nitrogen and oxygen atoms in total. The minimum absolute atomic E-state index is 0.0495. The highest BCUT2D eigenvalue weighted by molar-refractivity contribution is 5.93. The number of carbonyl (C=O) groups excluding carboxylic acids is 1. The number of aryl methyl sites for hydroxylation is 2. The highest BCUT2D eigenvalue weighted by Gasteiger charge is 2.31. The van der Waals surface area contributed by atoms with Crippen LogP contribution in [0.5, 0.6) is 0 Å². The second-order valence-corrected chi connectivity index (χ2v) is 8.84. The summed E-state index contributed by atoms with van der Waals surface area (Å²) in [5, 5.41) is 6.91. The van der Waals surface area contributed by atoms with Gasteiger partial charge in [-0.3, -0.25) is 14.6 Å². The predicted molar refractivity (Wildman–Crippen MR) is 126 cm³/mol. The third-order valence-corrected chi connectivity index (χ3v) is 6.31. The van der Waals surface area contributed by atoms with Crippen molar-refractivity contribution in [1.29, 1.82) is 0 Å². The van der Waals surface area contributed by atoms with Crippen LogP contribution in [0.15, 0.2) is 47.0 Å². The van der Waals surface area contributed by atoms with Gasteiger partial charge in [-0.1, -0.05) is 35.5 Å². The number of rotatable bonds is 6. The summed E-state index contributed by atoms with van der Waals surface area (Å²) in [6.45, 7) is 8.94. The van der Waals surface area contributed by atoms with Gasteiger partial charge in [0.1, 0.15) is 0 Å². The smallest absolute Gasteiger partial charge is 0.337 e. The lowest BCUT2D eigenvalue weighted by atomic mass is 10.1. The maximum absolute atomic E-state index is 13.0. The second kappa shape index (κ2) is 10.2. The number of para-hydroxylation sites is 1. The van der Waals surface area contributed by atoms with Crippen LogP contribution in [0.4, 0.5) is 18.9 Å². The van der Waals surface area contributed by atoms with E-state index in [-0.39, 0.29) is 23.3 Å². The molecular formula is C25H28F3N5O2. The summed E-state index contributed by atoms with van der Waals surface area (Å²) < 4.78 is 44.4. The highest BCUT2D eigenvalue weighted by atomic mass is 19.4. The Morgan fingerprint density at radius 2 is 1.74 bits per heavy atom. The third kappa shape index (κ3) is 5.88. The van der Waals surface area contributed by atoms with E-state index in [1.807, 2.05) is 39.0 Å². The molecule has 0 aliphatic carbocycles. The van der Waals surface area contributed by atoms with E-state index in [9.17, 15) is 18.0 Å². The molecule has 3 aromatic rings. The number of nitrogens with one attached hydrogen (secondary N) is 1. The largest absolute Gasteiger partial charge is 0.416 e. The lowest BCUT2D eigenvalue weighted by molar-refractivity contribution is -0.137. The number of hydrogen-bond acceptors (Lipinski definition) is 6. The molecule has 4 rings (SSSR count). The molecule has 2 heterocycles. The highest BCUT2D eigenvalue weighted by Crippen LogP contribution is 2.32. The molecule has 1 atom stereocenters. The average Bonchev–Trinajstić information content (AvgIpc) is 3.32. The lowest BCUT2D eigenvalue weighted by Gasteiger charge is -2.36. The molecule has 1 N–H and O–H groups in total. The van der Waals surface area contributed by atoms with Crippen LogP contribution in [-0.2, 0) is 11.0 Å². The van der Waals surface area contributed by atoms with Gasteiger partial charge in [0.2, 0.25) is 17.6 Å². The Labute approximate surface area is 201 Å². The molecular weight excluding hydrogens is 459 g/mol. The van der Waals surface area contributed by atoms with Gasteiger partial charge in [-0.05, 0) is 44.0 Å². The molecule has 10 heteroatoms. The predicted octanol–water partition coefficient (Wildman–Crippen LogP) is 4.69. The van der Waals surface area contributed by atoms with Crippen molar-refractivity contribution in [1.82, 2.24) is 19.9 Å². The Bertz CT molecular complexity index is 1170. The molecule has 0 radical (unpaired) electrons. The number of aromatic nitrogens is 2. The van der Waals surface area contributed by atoms with E-state index in [1.165, 1.54) is 12.1 Å². The third-order valence-electron chi connectivity index (χ3n) is 6.31. The van der Waals surface area contributed by atoms with E-state index in [1.54, 1.807) is 0 Å². The quantitative estimate of drug-likeness (QED) is 0.544. The minimum Gasteiger partial charge on any atom is -0.337 e. The van der Waals surface area contributed by atoms with Crippen LogP contribution in [0.25, 0.3) is 11.4 Å². The average molecular weight is 488 g/mol. The van der Waals surface area contributed by atoms with Crippen LogP contribution in [0, 0.1) is 13.8 Å². The van der Waals surface area contributed by atoms with E-state index >= 15 is 0 Å². The van der Waals surface area contributed by atoms with Gasteiger partial charge in [-0.15, -0.1) is 0 Å². The number of piperazine rings is 1. The second-order valence-electron chi connectivity index (χ2n) is 8.84. The lowest BCUT2D eigenvalue weighted by Crippen LogP contribution is -2.49. The van der Waals surface area contributed by atoms with Crippen LogP contribution in [0.3, 0.4) is 0 Å². The number of amides is 1. The molecule has 186 valence electrons. The Hall–Kier alpha value is -3.24. The molecule has 0 spiro atoms. The monoisotopic (exact) mass is 487 g/mol. The fourth-order valence-electron chi connectivity index (χ4n) is 4.22. The van der Waals surface area contributed by atoms with Gasteiger partial charge >= 0.3 is 6.18 Å². The number of anilines is 1. The molecule has 0 unspecified atom stereocenters. The van der Waals surface area contributed by atoms with Crippen LogP contribution in [0.1, 0.15) is 35.5 Å². The van der Waals surface area contributed by atoms with Gasteiger partial charge < -0.3 is 9.84 Å². The van der Waals surface area contributed by atoms with E-state index < -0.39 is 11.7 Å². The maximum Gasteiger partial charge on any atom is 0.416 e. The van der Waals surface area contributed by atoms with Crippen LogP contribution < -0.4 is 5.32 Å². The summed E-state index contributed by atoms with van der Waals surface area (Å²) in [6.07, 6.45) is -4.44. The first kappa shape index (κ1) is 24.9. The molecule has 1 aliphatic rings. The minimum atomic E-state index is -4.44. The van der Waals surface area contributed by atoms with Gasteiger partial charge in [0, 0.05) is 37.4 Å². The Balaban J connectivity index is 1.32. The van der Waals surface area contributed by atoms with Crippen molar-refractivity contribution in [3.63, 3.8) is 0 Å². The number of alkyl halides is 3. The standard InChI is InChI=1S/C25H28F3N5O2/c1-16-6-4-7-17(2)22(16)29-21(34)15-32-10-12-33(13-11-32)18(3)24-30-23(31-35-24)19-8-5-9-20(14-19)25(26,27)28/h4-9,14,18H,10-13,15H2,1-3H3,(H,29,34)/t18-/m0/s1. The zero-order valence-corrected chi connectivity index (χ0v) is 19.9. The topological polar surface area (TPSA) is 74.5 Å². The molecule has 1 aromatic heterocycles. The first-order chi connectivity index (χ1) is 16.6.